The van der Waals surface area contributed by atoms with Gasteiger partial charge >= 0.3 is 5.97 Å². The predicted octanol–water partition coefficient (Wildman–Crippen LogP) is 4.28. The third-order valence-corrected chi connectivity index (χ3v) is 4.87. The molecule has 20 heavy (non-hydrogen) atoms. The van der Waals surface area contributed by atoms with E-state index in [9.17, 15) is 4.79 Å². The Morgan fingerprint density at radius 1 is 1.45 bits per heavy atom. The maximum Gasteiger partial charge on any atom is 0.303 e. The summed E-state index contributed by atoms with van der Waals surface area (Å²) in [6, 6.07) is 6.02. The maximum atomic E-state index is 10.6. The Morgan fingerprint density at radius 2 is 2.20 bits per heavy atom. The van der Waals surface area contributed by atoms with Crippen LogP contribution < -0.4 is 5.32 Å². The maximum absolute atomic E-state index is 10.6. The van der Waals surface area contributed by atoms with Gasteiger partial charge in [0.25, 0.3) is 0 Å². The number of rotatable bonds is 5. The van der Waals surface area contributed by atoms with Gasteiger partial charge in [0.1, 0.15) is 0 Å². The summed E-state index contributed by atoms with van der Waals surface area (Å²) in [6.45, 7) is 3.94. The van der Waals surface area contributed by atoms with Crippen molar-refractivity contribution in [2.45, 2.75) is 26.7 Å². The monoisotopic (exact) mass is 354 g/mol. The van der Waals surface area contributed by atoms with E-state index in [0.717, 1.165) is 25.9 Å². The Bertz CT molecular complexity index is 640. The van der Waals surface area contributed by atoms with E-state index in [-0.39, 0.29) is 6.42 Å². The number of aliphatic carboxylic acids is 1. The molecule has 0 aliphatic carbocycles. The number of carboxylic acids is 1. The van der Waals surface area contributed by atoms with Crippen molar-refractivity contribution in [2.24, 2.45) is 0 Å². The second kappa shape index (κ2) is 6.37. The molecule has 0 atom stereocenters. The summed E-state index contributed by atoms with van der Waals surface area (Å²) in [4.78, 5) is 16.1. The van der Waals surface area contributed by atoms with Crippen molar-refractivity contribution in [1.82, 2.24) is 4.98 Å². The van der Waals surface area contributed by atoms with Crippen molar-refractivity contribution in [2.75, 3.05) is 5.32 Å². The number of halogens is 1. The highest BCUT2D eigenvalue weighted by Gasteiger charge is 2.09. The highest BCUT2D eigenvalue weighted by atomic mass is 79.9. The van der Waals surface area contributed by atoms with Crippen molar-refractivity contribution in [3.05, 3.63) is 38.8 Å². The summed E-state index contributed by atoms with van der Waals surface area (Å²) in [5.41, 5.74) is 3.03. The van der Waals surface area contributed by atoms with Gasteiger partial charge in [-0.2, -0.15) is 0 Å². The zero-order chi connectivity index (χ0) is 14.7. The first-order chi connectivity index (χ1) is 9.45. The lowest BCUT2D eigenvalue weighted by molar-refractivity contribution is -0.136. The lowest BCUT2D eigenvalue weighted by Gasteiger charge is -2.04. The van der Waals surface area contributed by atoms with Crippen LogP contribution in [-0.2, 0) is 11.2 Å². The number of hydrogen-bond acceptors (Lipinski definition) is 4. The highest BCUT2D eigenvalue weighted by Crippen LogP contribution is 2.28. The average molecular weight is 355 g/mol. The van der Waals surface area contributed by atoms with Gasteiger partial charge in [0, 0.05) is 15.0 Å². The first kappa shape index (κ1) is 15.0. The molecule has 0 radical (unpaired) electrons. The molecule has 0 fully saturated rings. The standard InChI is InChI=1S/C14H15BrN2O2S/c1-8-3-4-10(7-11(8)15)17-14-16-9(2)12(20-14)5-6-13(18)19/h3-4,7H,5-6H2,1-2H3,(H,16,17)(H,18,19). The average Bonchev–Trinajstić information content (AvgIpc) is 2.72. The SMILES string of the molecule is Cc1ccc(Nc2nc(C)c(CCC(=O)O)s2)cc1Br. The van der Waals surface area contributed by atoms with E-state index in [1.165, 1.54) is 16.9 Å². The molecule has 2 aromatic rings. The number of aryl methyl sites for hydroxylation is 3. The summed E-state index contributed by atoms with van der Waals surface area (Å²) in [5.74, 6) is -0.783. The summed E-state index contributed by atoms with van der Waals surface area (Å²) < 4.78 is 1.04. The van der Waals surface area contributed by atoms with Crippen LogP contribution in [0.25, 0.3) is 0 Å². The van der Waals surface area contributed by atoms with E-state index in [1.54, 1.807) is 0 Å². The molecule has 0 aliphatic rings. The lowest BCUT2D eigenvalue weighted by Crippen LogP contribution is -1.96. The number of aromatic nitrogens is 1. The van der Waals surface area contributed by atoms with Gasteiger partial charge in [-0.3, -0.25) is 4.79 Å². The Hall–Kier alpha value is -1.40. The summed E-state index contributed by atoms with van der Waals surface area (Å²) in [7, 11) is 0. The Balaban J connectivity index is 2.11. The van der Waals surface area contributed by atoms with Crippen LogP contribution in [0.5, 0.6) is 0 Å². The van der Waals surface area contributed by atoms with Gasteiger partial charge in [-0.05, 0) is 38.0 Å². The summed E-state index contributed by atoms with van der Waals surface area (Å²) in [6.07, 6.45) is 0.663. The lowest BCUT2D eigenvalue weighted by atomic mass is 10.2. The minimum absolute atomic E-state index is 0.137. The molecule has 0 spiro atoms. The van der Waals surface area contributed by atoms with E-state index >= 15 is 0 Å². The summed E-state index contributed by atoms with van der Waals surface area (Å²) in [5, 5.41) is 12.8. The minimum atomic E-state index is -0.783. The second-order valence-electron chi connectivity index (χ2n) is 4.51. The normalized spacial score (nSPS) is 10.6. The van der Waals surface area contributed by atoms with Crippen molar-refractivity contribution in [1.29, 1.82) is 0 Å². The van der Waals surface area contributed by atoms with Crippen molar-refractivity contribution in [3.8, 4) is 0 Å². The van der Waals surface area contributed by atoms with Crippen LogP contribution in [0.4, 0.5) is 10.8 Å². The quantitative estimate of drug-likeness (QED) is 0.840. The number of hydrogen-bond donors (Lipinski definition) is 2. The molecule has 2 rings (SSSR count). The Morgan fingerprint density at radius 3 is 2.85 bits per heavy atom. The molecular formula is C14H15BrN2O2S. The molecule has 1 heterocycles. The fourth-order valence-electron chi connectivity index (χ4n) is 1.73. The third kappa shape index (κ3) is 3.80. The molecule has 0 unspecified atom stereocenters. The fraction of sp³-hybridized carbons (Fsp3) is 0.286. The van der Waals surface area contributed by atoms with Gasteiger partial charge < -0.3 is 10.4 Å². The molecule has 0 bridgehead atoms. The molecule has 1 aromatic heterocycles. The van der Waals surface area contributed by atoms with Crippen LogP contribution in [0, 0.1) is 13.8 Å². The molecule has 0 saturated heterocycles. The van der Waals surface area contributed by atoms with Crippen LogP contribution in [0.2, 0.25) is 0 Å². The molecular weight excluding hydrogens is 340 g/mol. The molecule has 1 aromatic carbocycles. The third-order valence-electron chi connectivity index (χ3n) is 2.88. The summed E-state index contributed by atoms with van der Waals surface area (Å²) >= 11 is 5.00. The predicted molar refractivity (Wildman–Crippen MR) is 85.0 cm³/mol. The van der Waals surface area contributed by atoms with Crippen LogP contribution in [0.1, 0.15) is 22.6 Å². The number of nitrogens with one attached hydrogen (secondary N) is 1. The number of carbonyl (C=O) groups is 1. The van der Waals surface area contributed by atoms with Crippen LogP contribution in [0.3, 0.4) is 0 Å². The van der Waals surface area contributed by atoms with Gasteiger partial charge in [0.15, 0.2) is 5.13 Å². The highest BCUT2D eigenvalue weighted by molar-refractivity contribution is 9.10. The van der Waals surface area contributed by atoms with Crippen molar-refractivity contribution >= 4 is 44.1 Å². The van der Waals surface area contributed by atoms with E-state index in [0.29, 0.717) is 6.42 Å². The molecule has 4 nitrogen and oxygen atoms in total. The van der Waals surface area contributed by atoms with Gasteiger partial charge in [0.2, 0.25) is 0 Å². The van der Waals surface area contributed by atoms with Crippen LogP contribution in [-0.4, -0.2) is 16.1 Å². The van der Waals surface area contributed by atoms with Gasteiger partial charge in [-0.1, -0.05) is 22.0 Å². The number of anilines is 2. The van der Waals surface area contributed by atoms with Gasteiger partial charge in [-0.15, -0.1) is 11.3 Å². The zero-order valence-electron chi connectivity index (χ0n) is 11.2. The minimum Gasteiger partial charge on any atom is -0.481 e. The van der Waals surface area contributed by atoms with Crippen molar-refractivity contribution < 1.29 is 9.90 Å². The largest absolute Gasteiger partial charge is 0.481 e. The second-order valence-corrected chi connectivity index (χ2v) is 6.45. The number of benzene rings is 1. The van der Waals surface area contributed by atoms with Crippen LogP contribution >= 0.6 is 27.3 Å². The number of thiazole rings is 1. The smallest absolute Gasteiger partial charge is 0.303 e. The molecule has 0 saturated carbocycles. The van der Waals surface area contributed by atoms with E-state index in [2.05, 4.69) is 26.2 Å². The first-order valence-corrected chi connectivity index (χ1v) is 7.78. The topological polar surface area (TPSA) is 62.2 Å². The molecule has 6 heteroatoms. The Labute approximate surface area is 130 Å². The molecule has 2 N–H and O–H groups in total. The Kier molecular flexibility index (Phi) is 4.77. The number of nitrogens with zero attached hydrogens (tertiary/aromatic N) is 1. The fourth-order valence-corrected chi connectivity index (χ4v) is 3.09. The van der Waals surface area contributed by atoms with E-state index in [4.69, 9.17) is 5.11 Å². The van der Waals surface area contributed by atoms with Gasteiger partial charge in [0.05, 0.1) is 12.1 Å². The van der Waals surface area contributed by atoms with Crippen LogP contribution in [0.15, 0.2) is 22.7 Å². The zero-order valence-corrected chi connectivity index (χ0v) is 13.6. The van der Waals surface area contributed by atoms with E-state index < -0.39 is 5.97 Å². The molecule has 0 amide bonds. The van der Waals surface area contributed by atoms with Gasteiger partial charge in [-0.25, -0.2) is 4.98 Å². The van der Waals surface area contributed by atoms with Crippen molar-refractivity contribution in [3.63, 3.8) is 0 Å². The number of carboxylic acid groups (broad SMARTS) is 1. The molecule has 0 aliphatic heterocycles. The van der Waals surface area contributed by atoms with E-state index in [1.807, 2.05) is 32.0 Å². The first-order valence-electron chi connectivity index (χ1n) is 6.17. The molecule has 106 valence electrons.